The molecular formula is C17H29Cl2N3O3. The van der Waals surface area contributed by atoms with Crippen molar-refractivity contribution in [2.45, 2.75) is 50.7 Å². The summed E-state index contributed by atoms with van der Waals surface area (Å²) in [7, 11) is 0. The van der Waals surface area contributed by atoms with Crippen LogP contribution >= 0.6 is 24.8 Å². The first-order valence-corrected chi connectivity index (χ1v) is 8.63. The Kier molecular flexibility index (Phi) is 9.38. The molecule has 1 aromatic heterocycles. The second-order valence-electron chi connectivity index (χ2n) is 7.16. The van der Waals surface area contributed by atoms with Crippen LogP contribution in [0.15, 0.2) is 18.6 Å². The van der Waals surface area contributed by atoms with Crippen LogP contribution in [0.25, 0.3) is 0 Å². The molecule has 2 fully saturated rings. The molecule has 1 aromatic rings. The van der Waals surface area contributed by atoms with E-state index in [1.807, 2.05) is 0 Å². The average molecular weight is 394 g/mol. The molecule has 3 N–H and O–H groups in total. The van der Waals surface area contributed by atoms with Gasteiger partial charge in [0, 0.05) is 24.4 Å². The van der Waals surface area contributed by atoms with E-state index >= 15 is 0 Å². The number of nitrogens with zero attached hydrogens (tertiary/aromatic N) is 2. The van der Waals surface area contributed by atoms with Gasteiger partial charge in [-0.25, -0.2) is 4.98 Å². The highest BCUT2D eigenvalue weighted by Gasteiger charge is 2.44. The quantitative estimate of drug-likeness (QED) is 0.656. The minimum absolute atomic E-state index is 0. The summed E-state index contributed by atoms with van der Waals surface area (Å²) in [4.78, 5) is 8.12. The molecule has 0 radical (unpaired) electrons. The molecule has 8 heteroatoms. The Bertz CT molecular complexity index is 479. The van der Waals surface area contributed by atoms with Crippen molar-refractivity contribution in [3.8, 4) is 5.88 Å². The van der Waals surface area contributed by atoms with Crippen LogP contribution in [0.2, 0.25) is 0 Å². The zero-order valence-corrected chi connectivity index (χ0v) is 16.0. The molecule has 1 unspecified atom stereocenters. The Morgan fingerprint density at radius 2 is 1.80 bits per heavy atom. The summed E-state index contributed by atoms with van der Waals surface area (Å²) >= 11 is 0. The molecule has 1 heterocycles. The Hall–Kier alpha value is -0.660. The molecule has 0 amide bonds. The summed E-state index contributed by atoms with van der Waals surface area (Å²) in [5, 5.41) is 23.5. The maximum absolute atomic E-state index is 9.98. The summed E-state index contributed by atoms with van der Waals surface area (Å²) in [6, 6.07) is 0. The summed E-state index contributed by atoms with van der Waals surface area (Å²) < 4.78 is 5.78. The molecule has 3 atom stereocenters. The van der Waals surface area contributed by atoms with E-state index in [1.54, 1.807) is 18.6 Å². The van der Waals surface area contributed by atoms with E-state index in [-0.39, 0.29) is 30.2 Å². The van der Waals surface area contributed by atoms with Gasteiger partial charge in [0.1, 0.15) is 0 Å². The lowest BCUT2D eigenvalue weighted by Crippen LogP contribution is -2.39. The zero-order chi connectivity index (χ0) is 16.1. The van der Waals surface area contributed by atoms with Crippen molar-refractivity contribution < 1.29 is 14.9 Å². The van der Waals surface area contributed by atoms with Gasteiger partial charge in [-0.1, -0.05) is 12.8 Å². The van der Waals surface area contributed by atoms with Gasteiger partial charge in [0.15, 0.2) is 0 Å². The Labute approximate surface area is 161 Å². The van der Waals surface area contributed by atoms with E-state index in [4.69, 9.17) is 4.74 Å². The van der Waals surface area contributed by atoms with Crippen LogP contribution in [0.3, 0.4) is 0 Å². The van der Waals surface area contributed by atoms with Crippen LogP contribution in [-0.4, -0.2) is 52.1 Å². The summed E-state index contributed by atoms with van der Waals surface area (Å²) in [6.45, 7) is 2.19. The first kappa shape index (κ1) is 22.4. The first-order valence-electron chi connectivity index (χ1n) is 8.63. The molecule has 0 aliphatic heterocycles. The largest absolute Gasteiger partial charge is 0.476 e. The molecule has 0 spiro atoms. The predicted molar refractivity (Wildman–Crippen MR) is 101 cm³/mol. The fourth-order valence-corrected chi connectivity index (χ4v) is 3.90. The van der Waals surface area contributed by atoms with Crippen molar-refractivity contribution >= 4 is 24.8 Å². The number of hydrogen-bond acceptors (Lipinski definition) is 6. The number of halogens is 2. The molecule has 3 rings (SSSR count). The molecule has 2 aliphatic rings. The van der Waals surface area contributed by atoms with Crippen molar-refractivity contribution in [3.05, 3.63) is 18.6 Å². The van der Waals surface area contributed by atoms with Crippen molar-refractivity contribution in [2.24, 2.45) is 11.3 Å². The molecule has 0 aromatic carbocycles. The third-order valence-corrected chi connectivity index (χ3v) is 5.20. The third kappa shape index (κ3) is 6.22. The fourth-order valence-electron chi connectivity index (χ4n) is 3.90. The Morgan fingerprint density at radius 3 is 2.40 bits per heavy atom. The van der Waals surface area contributed by atoms with E-state index < -0.39 is 12.2 Å². The van der Waals surface area contributed by atoms with Gasteiger partial charge in [-0.3, -0.25) is 4.98 Å². The molecule has 144 valence electrons. The monoisotopic (exact) mass is 393 g/mol. The van der Waals surface area contributed by atoms with Gasteiger partial charge in [0.25, 0.3) is 0 Å². The van der Waals surface area contributed by atoms with Gasteiger partial charge in [0.2, 0.25) is 5.88 Å². The lowest BCUT2D eigenvalue weighted by Gasteiger charge is -2.29. The predicted octanol–water partition coefficient (Wildman–Crippen LogP) is 1.98. The zero-order valence-electron chi connectivity index (χ0n) is 14.3. The lowest BCUT2D eigenvalue weighted by molar-refractivity contribution is 0.0438. The van der Waals surface area contributed by atoms with Crippen LogP contribution in [0, 0.1) is 11.3 Å². The highest BCUT2D eigenvalue weighted by Crippen LogP contribution is 2.38. The molecular weight excluding hydrogens is 365 g/mol. The summed E-state index contributed by atoms with van der Waals surface area (Å²) in [6.07, 6.45) is 9.83. The van der Waals surface area contributed by atoms with Gasteiger partial charge >= 0.3 is 0 Å². The number of aliphatic hydroxyl groups excluding tert-OH is 2. The third-order valence-electron chi connectivity index (χ3n) is 5.20. The van der Waals surface area contributed by atoms with Crippen molar-refractivity contribution in [2.75, 3.05) is 19.7 Å². The Morgan fingerprint density at radius 1 is 1.12 bits per heavy atom. The molecule has 6 nitrogen and oxygen atoms in total. The van der Waals surface area contributed by atoms with Gasteiger partial charge in [-0.15, -0.1) is 24.8 Å². The maximum atomic E-state index is 9.98. The molecule has 25 heavy (non-hydrogen) atoms. The number of rotatable bonds is 7. The summed E-state index contributed by atoms with van der Waals surface area (Å²) in [5.74, 6) is 1.25. The second-order valence-corrected chi connectivity index (χ2v) is 7.16. The standard InChI is InChI=1S/C17H27N3O3.2ClH/c21-14-7-17(8-15(14)22,11-19-9-13-3-1-2-4-13)12-23-16-10-18-5-6-20-16;;/h5-6,10,13-15,19,21-22H,1-4,7-9,11-12H2;2*1H/t14-,15+,17?;;. The minimum atomic E-state index is -0.672. The molecule has 0 bridgehead atoms. The fraction of sp³-hybridized carbons (Fsp3) is 0.765. The summed E-state index contributed by atoms with van der Waals surface area (Å²) in [5.41, 5.74) is -0.255. The van der Waals surface area contributed by atoms with E-state index in [9.17, 15) is 10.2 Å². The van der Waals surface area contributed by atoms with Crippen LogP contribution in [0.5, 0.6) is 5.88 Å². The van der Waals surface area contributed by atoms with E-state index in [2.05, 4.69) is 15.3 Å². The van der Waals surface area contributed by atoms with E-state index in [0.29, 0.717) is 25.3 Å². The average Bonchev–Trinajstić information content (AvgIpc) is 3.16. The Balaban J connectivity index is 0.00000156. The number of ether oxygens (including phenoxy) is 1. The molecule has 0 saturated heterocycles. The number of hydrogen-bond donors (Lipinski definition) is 3. The minimum Gasteiger partial charge on any atom is -0.476 e. The highest BCUT2D eigenvalue weighted by molar-refractivity contribution is 5.85. The number of aliphatic hydroxyl groups is 2. The topological polar surface area (TPSA) is 87.5 Å². The number of aromatic nitrogens is 2. The maximum Gasteiger partial charge on any atom is 0.232 e. The normalized spacial score (nSPS) is 29.0. The highest BCUT2D eigenvalue weighted by atomic mass is 35.5. The molecule has 2 saturated carbocycles. The van der Waals surface area contributed by atoms with Gasteiger partial charge in [-0.2, -0.15) is 0 Å². The van der Waals surface area contributed by atoms with E-state index in [1.165, 1.54) is 25.7 Å². The van der Waals surface area contributed by atoms with Gasteiger partial charge < -0.3 is 20.3 Å². The van der Waals surface area contributed by atoms with Crippen molar-refractivity contribution in [1.82, 2.24) is 15.3 Å². The van der Waals surface area contributed by atoms with Gasteiger partial charge in [-0.05, 0) is 38.1 Å². The van der Waals surface area contributed by atoms with Crippen LogP contribution in [0.1, 0.15) is 38.5 Å². The van der Waals surface area contributed by atoms with E-state index in [0.717, 1.165) is 19.0 Å². The van der Waals surface area contributed by atoms with Crippen LogP contribution in [0.4, 0.5) is 0 Å². The second kappa shape index (κ2) is 10.5. The smallest absolute Gasteiger partial charge is 0.232 e. The van der Waals surface area contributed by atoms with Crippen molar-refractivity contribution in [1.29, 1.82) is 0 Å². The van der Waals surface area contributed by atoms with Crippen LogP contribution < -0.4 is 10.1 Å². The van der Waals surface area contributed by atoms with Gasteiger partial charge in [0.05, 0.1) is 25.0 Å². The van der Waals surface area contributed by atoms with Crippen LogP contribution in [-0.2, 0) is 0 Å². The lowest BCUT2D eigenvalue weighted by atomic mass is 9.86. The SMILES string of the molecule is Cl.Cl.O[C@@H]1CC(CNCC2CCCC2)(COc2cnccn2)C[C@@H]1O. The van der Waals surface area contributed by atoms with Crippen molar-refractivity contribution in [3.63, 3.8) is 0 Å². The first-order chi connectivity index (χ1) is 11.2. The number of nitrogens with one attached hydrogen (secondary N) is 1. The molecule has 2 aliphatic carbocycles.